The van der Waals surface area contributed by atoms with Crippen molar-refractivity contribution in [1.82, 2.24) is 9.88 Å². The number of nitrogens with one attached hydrogen (secondary N) is 1. The quantitative estimate of drug-likeness (QED) is 0.192. The van der Waals surface area contributed by atoms with Crippen LogP contribution in [0.15, 0.2) is 66.7 Å². The van der Waals surface area contributed by atoms with E-state index in [2.05, 4.69) is 4.98 Å². The normalized spacial score (nSPS) is 16.1. The number of carbonyl (C=O) groups excluding carboxylic acids is 2. The number of amides is 1. The zero-order valence-corrected chi connectivity index (χ0v) is 25.1. The molecule has 42 heavy (non-hydrogen) atoms. The van der Waals surface area contributed by atoms with Crippen molar-refractivity contribution >= 4 is 46.0 Å². The van der Waals surface area contributed by atoms with Crippen molar-refractivity contribution in [3.63, 3.8) is 0 Å². The van der Waals surface area contributed by atoms with Crippen molar-refractivity contribution in [2.24, 2.45) is 5.92 Å². The first-order chi connectivity index (χ1) is 20.2. The molecule has 0 bridgehead atoms. The molecule has 7 nitrogen and oxygen atoms in total. The molecule has 1 amide bonds. The summed E-state index contributed by atoms with van der Waals surface area (Å²) in [6, 6.07) is 19.5. The molecular formula is C33H34Cl2N2O5. The van der Waals surface area contributed by atoms with Gasteiger partial charge in [0.1, 0.15) is 29.9 Å². The third kappa shape index (κ3) is 6.92. The summed E-state index contributed by atoms with van der Waals surface area (Å²) < 4.78 is 11.6. The highest BCUT2D eigenvalue weighted by Crippen LogP contribution is 2.40. The van der Waals surface area contributed by atoms with E-state index in [1.165, 1.54) is 0 Å². The van der Waals surface area contributed by atoms with E-state index in [-0.39, 0.29) is 18.3 Å². The van der Waals surface area contributed by atoms with Crippen molar-refractivity contribution in [3.05, 3.63) is 93.6 Å². The van der Waals surface area contributed by atoms with E-state index in [0.29, 0.717) is 53.8 Å². The van der Waals surface area contributed by atoms with Crippen LogP contribution in [0.4, 0.5) is 4.79 Å². The van der Waals surface area contributed by atoms with Gasteiger partial charge in [-0.15, -0.1) is 0 Å². The van der Waals surface area contributed by atoms with Gasteiger partial charge in [0.2, 0.25) is 0 Å². The number of H-pyrrole nitrogens is 1. The van der Waals surface area contributed by atoms with Gasteiger partial charge in [-0.2, -0.15) is 0 Å². The molecule has 0 fully saturated rings. The SMILES string of the molecule is CCC(=O)CC(C)CC(O)COc1ccc(C2c3[nH]c4ccc(Cl)cc4c3CCN2C(=O)Oc2ccc(Cl)cc2)cc1. The number of aliphatic hydroxyl groups excluding tert-OH is 1. The number of aromatic nitrogens is 1. The van der Waals surface area contributed by atoms with Crippen LogP contribution in [0.25, 0.3) is 10.9 Å². The summed E-state index contributed by atoms with van der Waals surface area (Å²) in [5.41, 5.74) is 3.85. The summed E-state index contributed by atoms with van der Waals surface area (Å²) in [7, 11) is 0. The molecule has 1 aliphatic rings. The number of carbonyl (C=O) groups is 2. The van der Waals surface area contributed by atoms with Crippen LogP contribution in [0.3, 0.4) is 0 Å². The molecule has 0 aliphatic carbocycles. The molecule has 3 aromatic carbocycles. The summed E-state index contributed by atoms with van der Waals surface area (Å²) in [5, 5.41) is 12.7. The van der Waals surface area contributed by atoms with Crippen LogP contribution in [0.1, 0.15) is 56.0 Å². The Kier molecular flexibility index (Phi) is 9.41. The number of fused-ring (bicyclic) bond motifs is 3. The summed E-state index contributed by atoms with van der Waals surface area (Å²) in [6.45, 7) is 4.39. The van der Waals surface area contributed by atoms with Gasteiger partial charge in [0, 0.05) is 46.0 Å². The van der Waals surface area contributed by atoms with E-state index >= 15 is 0 Å². The molecule has 1 aromatic heterocycles. The third-order valence-electron chi connectivity index (χ3n) is 7.63. The van der Waals surface area contributed by atoms with Gasteiger partial charge in [0.05, 0.1) is 6.10 Å². The number of hydrogen-bond donors (Lipinski definition) is 2. The maximum absolute atomic E-state index is 13.5. The molecule has 3 unspecified atom stereocenters. The lowest BCUT2D eigenvalue weighted by molar-refractivity contribution is -0.119. The van der Waals surface area contributed by atoms with Crippen molar-refractivity contribution in [2.45, 2.75) is 51.7 Å². The van der Waals surface area contributed by atoms with Crippen LogP contribution in [0.2, 0.25) is 10.0 Å². The van der Waals surface area contributed by atoms with Gasteiger partial charge < -0.3 is 19.6 Å². The van der Waals surface area contributed by atoms with Gasteiger partial charge in [-0.25, -0.2) is 4.79 Å². The first kappa shape index (κ1) is 30.0. The van der Waals surface area contributed by atoms with E-state index in [1.54, 1.807) is 29.2 Å². The predicted molar refractivity (Wildman–Crippen MR) is 165 cm³/mol. The number of aliphatic hydroxyl groups is 1. The number of rotatable bonds is 10. The van der Waals surface area contributed by atoms with E-state index in [0.717, 1.165) is 27.7 Å². The Bertz CT molecular complexity index is 1550. The second-order valence-corrected chi connectivity index (χ2v) is 11.7. The van der Waals surface area contributed by atoms with E-state index in [1.807, 2.05) is 56.3 Å². The minimum absolute atomic E-state index is 0.0868. The summed E-state index contributed by atoms with van der Waals surface area (Å²) in [6.07, 6.45) is 0.953. The third-order valence-corrected chi connectivity index (χ3v) is 8.11. The lowest BCUT2D eigenvalue weighted by Crippen LogP contribution is -2.42. The molecule has 4 aromatic rings. The number of benzene rings is 3. The van der Waals surface area contributed by atoms with Gasteiger partial charge in [0.25, 0.3) is 0 Å². The number of hydrogen-bond acceptors (Lipinski definition) is 5. The molecule has 2 heterocycles. The van der Waals surface area contributed by atoms with Gasteiger partial charge >= 0.3 is 6.09 Å². The lowest BCUT2D eigenvalue weighted by Gasteiger charge is -2.35. The first-order valence-corrected chi connectivity index (χ1v) is 14.9. The molecular weight excluding hydrogens is 575 g/mol. The van der Waals surface area contributed by atoms with Crippen molar-refractivity contribution in [3.8, 4) is 11.5 Å². The van der Waals surface area contributed by atoms with Crippen LogP contribution in [0, 0.1) is 5.92 Å². The Morgan fingerprint density at radius 1 is 1.02 bits per heavy atom. The molecule has 1 aliphatic heterocycles. The first-order valence-electron chi connectivity index (χ1n) is 14.2. The number of ether oxygens (including phenoxy) is 2. The minimum atomic E-state index is -0.679. The topological polar surface area (TPSA) is 91.9 Å². The van der Waals surface area contributed by atoms with Crippen LogP contribution in [-0.2, 0) is 11.2 Å². The second-order valence-electron chi connectivity index (χ2n) is 10.8. The summed E-state index contributed by atoms with van der Waals surface area (Å²) in [5.74, 6) is 1.29. The number of Topliss-reactive ketones (excluding diaryl/α,β-unsaturated/α-hetero) is 1. The van der Waals surface area contributed by atoms with Gasteiger partial charge in [-0.05, 0) is 84.5 Å². The monoisotopic (exact) mass is 608 g/mol. The van der Waals surface area contributed by atoms with Crippen LogP contribution >= 0.6 is 23.2 Å². The second kappa shape index (κ2) is 13.2. The highest BCUT2D eigenvalue weighted by Gasteiger charge is 2.36. The Labute approximate surface area is 255 Å². The van der Waals surface area contributed by atoms with Crippen molar-refractivity contribution in [2.75, 3.05) is 13.2 Å². The Hall–Kier alpha value is -3.52. The highest BCUT2D eigenvalue weighted by atomic mass is 35.5. The average molecular weight is 610 g/mol. The summed E-state index contributed by atoms with van der Waals surface area (Å²) in [4.78, 5) is 30.4. The number of halogens is 2. The average Bonchev–Trinajstić information content (AvgIpc) is 3.34. The lowest BCUT2D eigenvalue weighted by atomic mass is 9.92. The smallest absolute Gasteiger partial charge is 0.416 e. The standard InChI is InChI=1S/C33H34Cl2N2O5/c1-3-24(38)16-20(2)17-25(39)19-41-26-9-4-21(5-10-26)32-31-28(29-18-23(35)8-13-30(29)36-31)14-15-37(32)33(40)42-27-11-6-22(34)7-12-27/h4-13,18,20,25,32,36,39H,3,14-17,19H2,1-2H3. The molecule has 2 N–H and O–H groups in total. The Balaban J connectivity index is 1.36. The zero-order chi connectivity index (χ0) is 29.8. The molecule has 220 valence electrons. The largest absolute Gasteiger partial charge is 0.491 e. The van der Waals surface area contributed by atoms with E-state index in [9.17, 15) is 14.7 Å². The number of nitrogens with zero attached hydrogens (tertiary/aromatic N) is 1. The maximum atomic E-state index is 13.5. The molecule has 0 saturated heterocycles. The minimum Gasteiger partial charge on any atom is -0.491 e. The number of aromatic amines is 1. The van der Waals surface area contributed by atoms with E-state index < -0.39 is 18.2 Å². The molecule has 5 rings (SSSR count). The van der Waals surface area contributed by atoms with Crippen LogP contribution in [-0.4, -0.2) is 46.1 Å². The van der Waals surface area contributed by atoms with Gasteiger partial charge in [-0.1, -0.05) is 49.2 Å². The fourth-order valence-corrected chi connectivity index (χ4v) is 5.85. The Morgan fingerprint density at radius 2 is 1.71 bits per heavy atom. The fraction of sp³-hybridized carbons (Fsp3) is 0.333. The molecule has 9 heteroatoms. The van der Waals surface area contributed by atoms with Crippen LogP contribution < -0.4 is 9.47 Å². The van der Waals surface area contributed by atoms with Crippen molar-refractivity contribution < 1.29 is 24.2 Å². The van der Waals surface area contributed by atoms with Gasteiger partial charge in [0.15, 0.2) is 0 Å². The van der Waals surface area contributed by atoms with E-state index in [4.69, 9.17) is 32.7 Å². The zero-order valence-electron chi connectivity index (χ0n) is 23.6. The highest BCUT2D eigenvalue weighted by molar-refractivity contribution is 6.31. The molecule has 0 radical (unpaired) electrons. The fourth-order valence-electron chi connectivity index (χ4n) is 5.55. The predicted octanol–water partition coefficient (Wildman–Crippen LogP) is 7.76. The number of ketones is 1. The molecule has 0 spiro atoms. The molecule has 3 atom stereocenters. The maximum Gasteiger partial charge on any atom is 0.416 e. The van der Waals surface area contributed by atoms with Crippen molar-refractivity contribution in [1.29, 1.82) is 0 Å². The molecule has 0 saturated carbocycles. The Morgan fingerprint density at radius 3 is 2.43 bits per heavy atom. The summed E-state index contributed by atoms with van der Waals surface area (Å²) >= 11 is 12.3. The van der Waals surface area contributed by atoms with Gasteiger partial charge in [-0.3, -0.25) is 9.69 Å². The van der Waals surface area contributed by atoms with Crippen LogP contribution in [0.5, 0.6) is 11.5 Å².